The van der Waals surface area contributed by atoms with Gasteiger partial charge in [-0.15, -0.1) is 0 Å². The van der Waals surface area contributed by atoms with Crippen LogP contribution >= 0.6 is 0 Å². The molecule has 4 rings (SSSR count). The SMILES string of the molecule is COc1cccc(CCN2C[C@H]3CCN(C(=O)c4ccc(C)nc4)CC[C@H]3S2(=O)=O)c1. The standard InChI is InChI=1S/C23H29N3O4S/c1-17-6-7-19(15-24-17)23(27)25-11-9-20-16-26(31(28,29)22(20)10-12-25)13-8-18-4-3-5-21(14-18)30-2/h3-7,14-15,20,22H,8-13,16H2,1-2H3/t20-,22-/m1/s1. The van der Waals surface area contributed by atoms with Gasteiger partial charge in [0.1, 0.15) is 5.75 Å². The number of aromatic nitrogens is 1. The molecule has 0 N–H and O–H groups in total. The van der Waals surface area contributed by atoms with Crippen molar-refractivity contribution in [1.29, 1.82) is 0 Å². The zero-order valence-corrected chi connectivity index (χ0v) is 18.8. The van der Waals surface area contributed by atoms with Crippen LogP contribution in [0, 0.1) is 12.8 Å². The average molecular weight is 444 g/mol. The normalized spacial score (nSPS) is 23.2. The third-order valence-electron chi connectivity index (χ3n) is 6.39. The molecule has 0 spiro atoms. The van der Waals surface area contributed by atoms with E-state index in [1.807, 2.05) is 37.3 Å². The van der Waals surface area contributed by atoms with Gasteiger partial charge in [-0.25, -0.2) is 12.7 Å². The number of carbonyl (C=O) groups is 1. The number of nitrogens with zero attached hydrogens (tertiary/aromatic N) is 3. The molecule has 1 aromatic heterocycles. The van der Waals surface area contributed by atoms with E-state index in [4.69, 9.17) is 4.74 Å². The highest BCUT2D eigenvalue weighted by molar-refractivity contribution is 7.90. The van der Waals surface area contributed by atoms with Gasteiger partial charge in [0.15, 0.2) is 0 Å². The van der Waals surface area contributed by atoms with E-state index in [-0.39, 0.29) is 11.8 Å². The van der Waals surface area contributed by atoms with Crippen molar-refractivity contribution in [3.05, 3.63) is 59.4 Å². The maximum Gasteiger partial charge on any atom is 0.255 e. The zero-order chi connectivity index (χ0) is 22.0. The number of hydrogen-bond acceptors (Lipinski definition) is 5. The summed E-state index contributed by atoms with van der Waals surface area (Å²) in [4.78, 5) is 18.8. The van der Waals surface area contributed by atoms with Gasteiger partial charge in [0.25, 0.3) is 5.91 Å². The van der Waals surface area contributed by atoms with Gasteiger partial charge in [-0.05, 0) is 61.9 Å². The lowest BCUT2D eigenvalue weighted by molar-refractivity contribution is 0.0758. The van der Waals surface area contributed by atoms with Crippen LogP contribution in [0.1, 0.15) is 34.5 Å². The average Bonchev–Trinajstić information content (AvgIpc) is 2.90. The van der Waals surface area contributed by atoms with Gasteiger partial charge in [0, 0.05) is 38.1 Å². The van der Waals surface area contributed by atoms with Crippen LogP contribution < -0.4 is 4.74 Å². The van der Waals surface area contributed by atoms with Gasteiger partial charge in [0.05, 0.1) is 17.9 Å². The van der Waals surface area contributed by atoms with Crippen LogP contribution in [0.4, 0.5) is 0 Å². The Hall–Kier alpha value is -2.45. The highest BCUT2D eigenvalue weighted by Gasteiger charge is 2.46. The number of rotatable bonds is 5. The molecule has 2 saturated heterocycles. The smallest absolute Gasteiger partial charge is 0.255 e. The van der Waals surface area contributed by atoms with E-state index in [0.29, 0.717) is 51.0 Å². The van der Waals surface area contributed by atoms with Gasteiger partial charge in [-0.1, -0.05) is 12.1 Å². The molecule has 8 heteroatoms. The molecule has 0 unspecified atom stereocenters. The summed E-state index contributed by atoms with van der Waals surface area (Å²) in [6.45, 7) is 3.92. The Morgan fingerprint density at radius 3 is 2.74 bits per heavy atom. The number of fused-ring (bicyclic) bond motifs is 1. The van der Waals surface area contributed by atoms with E-state index in [1.54, 1.807) is 28.6 Å². The second kappa shape index (κ2) is 8.96. The second-order valence-electron chi connectivity index (χ2n) is 8.36. The summed E-state index contributed by atoms with van der Waals surface area (Å²) in [6.07, 6.45) is 3.43. The van der Waals surface area contributed by atoms with E-state index in [9.17, 15) is 13.2 Å². The van der Waals surface area contributed by atoms with Crippen molar-refractivity contribution in [1.82, 2.24) is 14.2 Å². The van der Waals surface area contributed by atoms with Gasteiger partial charge in [-0.3, -0.25) is 9.78 Å². The summed E-state index contributed by atoms with van der Waals surface area (Å²) in [7, 11) is -1.74. The molecule has 2 fully saturated rings. The first-order valence-corrected chi connectivity index (χ1v) is 12.2. The van der Waals surface area contributed by atoms with Crippen molar-refractivity contribution < 1.29 is 17.9 Å². The fourth-order valence-electron chi connectivity index (χ4n) is 4.58. The van der Waals surface area contributed by atoms with E-state index >= 15 is 0 Å². The Labute approximate surface area is 184 Å². The molecule has 1 amide bonds. The highest BCUT2D eigenvalue weighted by Crippen LogP contribution is 2.34. The zero-order valence-electron chi connectivity index (χ0n) is 18.0. The number of ether oxygens (including phenoxy) is 1. The number of amides is 1. The molecule has 0 saturated carbocycles. The number of hydrogen-bond donors (Lipinski definition) is 0. The summed E-state index contributed by atoms with van der Waals surface area (Å²) in [5.41, 5.74) is 2.48. The number of carbonyl (C=O) groups excluding carboxylic acids is 1. The lowest BCUT2D eigenvalue weighted by Crippen LogP contribution is -2.35. The van der Waals surface area contributed by atoms with Crippen LogP contribution in [0.25, 0.3) is 0 Å². The Morgan fingerprint density at radius 2 is 2.00 bits per heavy atom. The van der Waals surface area contributed by atoms with Gasteiger partial charge >= 0.3 is 0 Å². The highest BCUT2D eigenvalue weighted by atomic mass is 32.2. The molecule has 1 aromatic carbocycles. The van der Waals surface area contributed by atoms with E-state index in [0.717, 1.165) is 17.0 Å². The van der Waals surface area contributed by atoms with Crippen LogP contribution in [-0.4, -0.2) is 67.1 Å². The molecule has 0 aliphatic carbocycles. The fraction of sp³-hybridized carbons (Fsp3) is 0.478. The Kier molecular flexibility index (Phi) is 6.29. The van der Waals surface area contributed by atoms with E-state index in [1.165, 1.54) is 0 Å². The quantitative estimate of drug-likeness (QED) is 0.709. The van der Waals surface area contributed by atoms with Crippen molar-refractivity contribution >= 4 is 15.9 Å². The molecule has 2 aliphatic heterocycles. The van der Waals surface area contributed by atoms with E-state index in [2.05, 4.69) is 4.98 Å². The Balaban J connectivity index is 1.39. The van der Waals surface area contributed by atoms with Crippen LogP contribution in [0.3, 0.4) is 0 Å². The third kappa shape index (κ3) is 4.60. The van der Waals surface area contributed by atoms with Gasteiger partial charge in [0.2, 0.25) is 10.0 Å². The first-order chi connectivity index (χ1) is 14.9. The van der Waals surface area contributed by atoms with Crippen LogP contribution in [0.2, 0.25) is 0 Å². The first-order valence-electron chi connectivity index (χ1n) is 10.7. The predicted octanol–water partition coefficient (Wildman–Crippen LogP) is 2.51. The molecule has 3 heterocycles. The number of aryl methyl sites for hydroxylation is 1. The van der Waals surface area contributed by atoms with Crippen LogP contribution in [-0.2, 0) is 16.4 Å². The predicted molar refractivity (Wildman–Crippen MR) is 119 cm³/mol. The molecule has 166 valence electrons. The lowest BCUT2D eigenvalue weighted by Gasteiger charge is -2.22. The maximum absolute atomic E-state index is 13.2. The minimum Gasteiger partial charge on any atom is -0.497 e. The minimum absolute atomic E-state index is 0.0595. The van der Waals surface area contributed by atoms with Crippen molar-refractivity contribution in [3.8, 4) is 5.75 Å². The Bertz CT molecular complexity index is 1040. The lowest BCUT2D eigenvalue weighted by atomic mass is 10.0. The molecule has 7 nitrogen and oxygen atoms in total. The Morgan fingerprint density at radius 1 is 1.19 bits per heavy atom. The molecular weight excluding hydrogens is 414 g/mol. The topological polar surface area (TPSA) is 79.8 Å². The van der Waals surface area contributed by atoms with Crippen LogP contribution in [0.5, 0.6) is 5.75 Å². The van der Waals surface area contributed by atoms with Gasteiger partial charge in [-0.2, -0.15) is 0 Å². The molecule has 0 bridgehead atoms. The number of likely N-dealkylation sites (tertiary alicyclic amines) is 1. The molecular formula is C23H29N3O4S. The first kappa shape index (κ1) is 21.8. The number of methoxy groups -OCH3 is 1. The summed E-state index contributed by atoms with van der Waals surface area (Å²) < 4.78 is 33.3. The number of sulfonamides is 1. The summed E-state index contributed by atoms with van der Waals surface area (Å²) in [5, 5.41) is -0.410. The molecule has 31 heavy (non-hydrogen) atoms. The minimum atomic E-state index is -3.36. The second-order valence-corrected chi connectivity index (χ2v) is 10.5. The maximum atomic E-state index is 13.2. The number of pyridine rings is 1. The summed E-state index contributed by atoms with van der Waals surface area (Å²) in [5.74, 6) is 0.768. The van der Waals surface area contributed by atoms with E-state index < -0.39 is 15.3 Å². The van der Waals surface area contributed by atoms with Gasteiger partial charge < -0.3 is 9.64 Å². The van der Waals surface area contributed by atoms with Crippen molar-refractivity contribution in [2.45, 2.75) is 31.4 Å². The largest absolute Gasteiger partial charge is 0.497 e. The fourth-order valence-corrected chi connectivity index (χ4v) is 6.82. The summed E-state index contributed by atoms with van der Waals surface area (Å²) >= 11 is 0. The third-order valence-corrected chi connectivity index (χ3v) is 8.83. The van der Waals surface area contributed by atoms with Crippen molar-refractivity contribution in [3.63, 3.8) is 0 Å². The number of benzene rings is 1. The van der Waals surface area contributed by atoms with Crippen molar-refractivity contribution in [2.24, 2.45) is 5.92 Å². The summed E-state index contributed by atoms with van der Waals surface area (Å²) in [6, 6.07) is 11.4. The molecule has 2 aliphatic rings. The molecule has 2 atom stereocenters. The molecule has 2 aromatic rings. The monoisotopic (exact) mass is 443 g/mol. The van der Waals surface area contributed by atoms with Crippen molar-refractivity contribution in [2.75, 3.05) is 33.3 Å². The van der Waals surface area contributed by atoms with Crippen LogP contribution in [0.15, 0.2) is 42.6 Å². The molecule has 0 radical (unpaired) electrons.